The van der Waals surface area contributed by atoms with E-state index in [0.717, 1.165) is 31.1 Å². The van der Waals surface area contributed by atoms with E-state index in [9.17, 15) is 4.79 Å². The number of hydrogen-bond donors (Lipinski definition) is 1. The highest BCUT2D eigenvalue weighted by Crippen LogP contribution is 2.34. The molecule has 2 aliphatic rings. The first-order chi connectivity index (χ1) is 12.6. The smallest absolute Gasteiger partial charge is 0.252 e. The van der Waals surface area contributed by atoms with Crippen molar-refractivity contribution < 1.29 is 14.1 Å². The van der Waals surface area contributed by atoms with Crippen LogP contribution in [0, 0.1) is 25.7 Å². The van der Waals surface area contributed by atoms with Crippen LogP contribution in [0.3, 0.4) is 0 Å². The highest BCUT2D eigenvalue weighted by molar-refractivity contribution is 5.93. The lowest BCUT2D eigenvalue weighted by Crippen LogP contribution is -2.34. The van der Waals surface area contributed by atoms with Crippen LogP contribution in [0.5, 0.6) is 0 Å². The normalized spacial score (nSPS) is 25.4. The maximum absolute atomic E-state index is 12.2. The van der Waals surface area contributed by atoms with Crippen molar-refractivity contribution in [1.82, 2.24) is 20.4 Å². The van der Waals surface area contributed by atoms with Gasteiger partial charge in [-0.2, -0.15) is 0 Å². The van der Waals surface area contributed by atoms with Gasteiger partial charge < -0.3 is 14.6 Å². The Labute approximate surface area is 152 Å². The van der Waals surface area contributed by atoms with Crippen LogP contribution in [0.2, 0.25) is 0 Å². The summed E-state index contributed by atoms with van der Waals surface area (Å²) in [6, 6.07) is 3.55. The lowest BCUT2D eigenvalue weighted by atomic mass is 9.93. The molecule has 7 nitrogen and oxygen atoms in total. The minimum Gasteiger partial charge on any atom is -0.376 e. The molecule has 2 fully saturated rings. The third-order valence-corrected chi connectivity index (χ3v) is 5.53. The summed E-state index contributed by atoms with van der Waals surface area (Å²) in [5.41, 5.74) is 2.72. The van der Waals surface area contributed by atoms with Gasteiger partial charge in [0.25, 0.3) is 5.91 Å². The van der Waals surface area contributed by atoms with E-state index in [1.807, 2.05) is 13.8 Å². The molecule has 2 aliphatic heterocycles. The Morgan fingerprint density at radius 3 is 3.00 bits per heavy atom. The zero-order valence-electron chi connectivity index (χ0n) is 15.1. The lowest BCUT2D eigenvalue weighted by Gasteiger charge is -2.20. The molecule has 4 heterocycles. The fourth-order valence-corrected chi connectivity index (χ4v) is 3.99. The average Bonchev–Trinajstić information content (AvgIpc) is 3.31. The second-order valence-corrected chi connectivity index (χ2v) is 7.24. The number of fused-ring (bicyclic) bond motifs is 1. The van der Waals surface area contributed by atoms with Gasteiger partial charge in [-0.3, -0.25) is 14.7 Å². The van der Waals surface area contributed by atoms with Crippen molar-refractivity contribution in [2.24, 2.45) is 11.8 Å². The van der Waals surface area contributed by atoms with Gasteiger partial charge in [-0.25, -0.2) is 0 Å². The molecule has 0 radical (unpaired) electrons. The molecule has 0 aliphatic carbocycles. The SMILES string of the molecule is Cc1noc(C)c1CN1C[C@H]2[C@@H](CNC(=O)c3cccnc3)CO[C@H]2C1. The zero-order chi connectivity index (χ0) is 18.1. The van der Waals surface area contributed by atoms with Crippen LogP contribution in [0.25, 0.3) is 0 Å². The number of pyridine rings is 1. The van der Waals surface area contributed by atoms with Crippen LogP contribution in [0.4, 0.5) is 0 Å². The van der Waals surface area contributed by atoms with Gasteiger partial charge in [0.2, 0.25) is 0 Å². The molecule has 1 amide bonds. The molecule has 2 saturated heterocycles. The number of aromatic nitrogens is 2. The second-order valence-electron chi connectivity index (χ2n) is 7.24. The van der Waals surface area contributed by atoms with Crippen molar-refractivity contribution in [3.63, 3.8) is 0 Å². The summed E-state index contributed by atoms with van der Waals surface area (Å²) in [5, 5.41) is 7.07. The third-order valence-electron chi connectivity index (χ3n) is 5.53. The van der Waals surface area contributed by atoms with Crippen LogP contribution in [0.15, 0.2) is 29.0 Å². The predicted molar refractivity (Wildman–Crippen MR) is 94.5 cm³/mol. The van der Waals surface area contributed by atoms with Gasteiger partial charge in [0.05, 0.1) is 24.0 Å². The van der Waals surface area contributed by atoms with Crippen LogP contribution in [0.1, 0.15) is 27.4 Å². The van der Waals surface area contributed by atoms with Gasteiger partial charge in [0.15, 0.2) is 0 Å². The first-order valence-electron chi connectivity index (χ1n) is 9.05. The fourth-order valence-electron chi connectivity index (χ4n) is 3.99. The van der Waals surface area contributed by atoms with Gasteiger partial charge >= 0.3 is 0 Å². The Morgan fingerprint density at radius 2 is 2.27 bits per heavy atom. The highest BCUT2D eigenvalue weighted by atomic mass is 16.5. The number of nitrogens with zero attached hydrogens (tertiary/aromatic N) is 3. The number of aryl methyl sites for hydroxylation is 2. The minimum atomic E-state index is -0.0767. The van der Waals surface area contributed by atoms with E-state index in [4.69, 9.17) is 9.26 Å². The summed E-state index contributed by atoms with van der Waals surface area (Å²) in [6.45, 7) is 8.02. The standard InChI is InChI=1S/C19H24N4O3/c1-12-16(13(2)26-22-12)8-23-9-17-15(11-25-18(17)10-23)7-21-19(24)14-4-3-5-20-6-14/h3-6,15,17-18H,7-11H2,1-2H3,(H,21,24)/t15-,17-,18-/m0/s1. The molecular weight excluding hydrogens is 332 g/mol. The Balaban J connectivity index is 1.33. The minimum absolute atomic E-state index is 0.0767. The fraction of sp³-hybridized carbons (Fsp3) is 0.526. The number of amides is 1. The number of rotatable bonds is 5. The lowest BCUT2D eigenvalue weighted by molar-refractivity contribution is 0.0903. The van der Waals surface area contributed by atoms with Gasteiger partial charge in [0.1, 0.15) is 5.76 Å². The Morgan fingerprint density at radius 1 is 1.38 bits per heavy atom. The second kappa shape index (κ2) is 7.17. The van der Waals surface area contributed by atoms with Gasteiger partial charge in [-0.1, -0.05) is 5.16 Å². The molecule has 0 saturated carbocycles. The number of ether oxygens (including phenoxy) is 1. The molecule has 1 N–H and O–H groups in total. The van der Waals surface area contributed by atoms with E-state index in [1.54, 1.807) is 24.5 Å². The Kier molecular flexibility index (Phi) is 4.74. The maximum Gasteiger partial charge on any atom is 0.252 e. The summed E-state index contributed by atoms with van der Waals surface area (Å²) in [5.74, 6) is 1.60. The molecule has 2 aromatic rings. The summed E-state index contributed by atoms with van der Waals surface area (Å²) >= 11 is 0. The van der Waals surface area contributed by atoms with E-state index in [1.165, 1.54) is 5.56 Å². The van der Waals surface area contributed by atoms with E-state index < -0.39 is 0 Å². The summed E-state index contributed by atoms with van der Waals surface area (Å²) in [4.78, 5) is 18.6. The van der Waals surface area contributed by atoms with E-state index in [2.05, 4.69) is 20.4 Å². The molecular formula is C19H24N4O3. The molecule has 0 unspecified atom stereocenters. The van der Waals surface area contributed by atoms with Crippen LogP contribution < -0.4 is 5.32 Å². The Hall–Kier alpha value is -2.25. The molecule has 2 aromatic heterocycles. The molecule has 138 valence electrons. The molecule has 26 heavy (non-hydrogen) atoms. The number of hydrogen-bond acceptors (Lipinski definition) is 6. The van der Waals surface area contributed by atoms with Crippen molar-refractivity contribution in [2.45, 2.75) is 26.5 Å². The largest absolute Gasteiger partial charge is 0.376 e. The summed E-state index contributed by atoms with van der Waals surface area (Å²) in [7, 11) is 0. The van der Waals surface area contributed by atoms with Crippen molar-refractivity contribution in [1.29, 1.82) is 0 Å². The maximum atomic E-state index is 12.2. The van der Waals surface area contributed by atoms with Gasteiger partial charge in [0, 0.05) is 56.0 Å². The van der Waals surface area contributed by atoms with Gasteiger partial charge in [-0.15, -0.1) is 0 Å². The van der Waals surface area contributed by atoms with Crippen LogP contribution in [-0.4, -0.2) is 53.3 Å². The number of carbonyl (C=O) groups excluding carboxylic acids is 1. The number of carbonyl (C=O) groups is 1. The first-order valence-corrected chi connectivity index (χ1v) is 9.05. The topological polar surface area (TPSA) is 80.5 Å². The zero-order valence-corrected chi connectivity index (χ0v) is 15.1. The number of nitrogens with one attached hydrogen (secondary N) is 1. The third kappa shape index (κ3) is 3.37. The summed E-state index contributed by atoms with van der Waals surface area (Å²) in [6.07, 6.45) is 3.50. The van der Waals surface area contributed by atoms with Crippen LogP contribution in [-0.2, 0) is 11.3 Å². The summed E-state index contributed by atoms with van der Waals surface area (Å²) < 4.78 is 11.3. The quantitative estimate of drug-likeness (QED) is 0.876. The van der Waals surface area contributed by atoms with E-state index in [0.29, 0.717) is 30.6 Å². The van der Waals surface area contributed by atoms with Crippen molar-refractivity contribution in [3.05, 3.63) is 47.1 Å². The van der Waals surface area contributed by atoms with E-state index >= 15 is 0 Å². The Bertz CT molecular complexity index is 757. The number of likely N-dealkylation sites (tertiary alicyclic amines) is 1. The molecule has 7 heteroatoms. The van der Waals surface area contributed by atoms with Crippen LogP contribution >= 0.6 is 0 Å². The molecule has 3 atom stereocenters. The predicted octanol–water partition coefficient (Wildman–Crippen LogP) is 1.56. The van der Waals surface area contributed by atoms with Crippen molar-refractivity contribution >= 4 is 5.91 Å². The molecule has 0 bridgehead atoms. The van der Waals surface area contributed by atoms with Gasteiger partial charge in [-0.05, 0) is 26.0 Å². The van der Waals surface area contributed by atoms with Crippen molar-refractivity contribution in [2.75, 3.05) is 26.2 Å². The first kappa shape index (κ1) is 17.2. The highest BCUT2D eigenvalue weighted by Gasteiger charge is 2.43. The molecule has 0 spiro atoms. The van der Waals surface area contributed by atoms with E-state index in [-0.39, 0.29) is 12.0 Å². The monoisotopic (exact) mass is 356 g/mol. The average molecular weight is 356 g/mol. The van der Waals surface area contributed by atoms with Crippen molar-refractivity contribution in [3.8, 4) is 0 Å². The molecule has 4 rings (SSSR count). The molecule has 0 aromatic carbocycles.